The highest BCUT2D eigenvalue weighted by molar-refractivity contribution is 5.88. The molecule has 4 aromatic rings. The van der Waals surface area contributed by atoms with E-state index in [1.807, 2.05) is 24.3 Å². The Morgan fingerprint density at radius 2 is 1.72 bits per heavy atom. The number of rotatable bonds is 4. The summed E-state index contributed by atoms with van der Waals surface area (Å²) in [5.41, 5.74) is 3.67. The number of nitrogens with zero attached hydrogens (tertiary/aromatic N) is 5. The van der Waals surface area contributed by atoms with Gasteiger partial charge >= 0.3 is 5.69 Å². The van der Waals surface area contributed by atoms with Crippen LogP contribution >= 0.6 is 0 Å². The summed E-state index contributed by atoms with van der Waals surface area (Å²) >= 11 is 0. The van der Waals surface area contributed by atoms with Gasteiger partial charge in [-0.05, 0) is 54.6 Å². The van der Waals surface area contributed by atoms with Crippen LogP contribution < -0.4 is 15.9 Å². The molecule has 0 amide bonds. The number of benzene rings is 2. The maximum atomic E-state index is 12.0. The van der Waals surface area contributed by atoms with Gasteiger partial charge in [0.05, 0.1) is 5.39 Å². The van der Waals surface area contributed by atoms with Crippen LogP contribution in [0.3, 0.4) is 0 Å². The van der Waals surface area contributed by atoms with Crippen molar-refractivity contribution < 1.29 is 5.21 Å². The van der Waals surface area contributed by atoms with Crippen molar-refractivity contribution in [1.29, 1.82) is 0 Å². The van der Waals surface area contributed by atoms with Crippen molar-refractivity contribution in [1.82, 2.24) is 19.6 Å². The highest BCUT2D eigenvalue weighted by atomic mass is 16.5. The number of likely N-dealkylation sites (N-methyl/N-ethyl adjacent to an activating group) is 1. The number of anilines is 3. The zero-order chi connectivity index (χ0) is 22.1. The van der Waals surface area contributed by atoms with Crippen molar-refractivity contribution in [2.75, 3.05) is 43.4 Å². The lowest BCUT2D eigenvalue weighted by molar-refractivity contribution is 0.182. The van der Waals surface area contributed by atoms with Crippen LogP contribution in [0.4, 0.5) is 17.2 Å². The van der Waals surface area contributed by atoms with Gasteiger partial charge in [-0.25, -0.2) is 9.78 Å². The molecule has 0 spiro atoms. The highest BCUT2D eigenvalue weighted by Gasteiger charge is 2.15. The zero-order valence-corrected chi connectivity index (χ0v) is 17.8. The van der Waals surface area contributed by atoms with Gasteiger partial charge < -0.3 is 20.3 Å². The SMILES string of the molecule is CN1CCN(c2cccc(-c3ccc(Nc4nc(=O)n(O)c5ncccc45)cc3)c2)CC1. The number of nitrogens with one attached hydrogen (secondary N) is 1. The van der Waals surface area contributed by atoms with Crippen LogP contribution in [0.25, 0.3) is 22.2 Å². The van der Waals surface area contributed by atoms with E-state index in [0.29, 0.717) is 15.9 Å². The molecule has 0 unspecified atom stereocenters. The minimum atomic E-state index is -0.781. The predicted molar refractivity (Wildman–Crippen MR) is 126 cm³/mol. The van der Waals surface area contributed by atoms with E-state index in [-0.39, 0.29) is 5.65 Å². The van der Waals surface area contributed by atoms with Gasteiger partial charge in [-0.3, -0.25) is 0 Å². The van der Waals surface area contributed by atoms with E-state index in [0.717, 1.165) is 43.0 Å². The Balaban J connectivity index is 1.39. The van der Waals surface area contributed by atoms with Crippen LogP contribution in [-0.2, 0) is 0 Å². The van der Waals surface area contributed by atoms with E-state index in [1.54, 1.807) is 12.1 Å². The van der Waals surface area contributed by atoms with Crippen LogP contribution in [0.2, 0.25) is 0 Å². The van der Waals surface area contributed by atoms with Crippen LogP contribution in [0.1, 0.15) is 0 Å². The maximum absolute atomic E-state index is 12.0. The fourth-order valence-electron chi connectivity index (χ4n) is 3.97. The average Bonchev–Trinajstić information content (AvgIpc) is 2.83. The lowest BCUT2D eigenvalue weighted by atomic mass is 10.0. The van der Waals surface area contributed by atoms with Crippen molar-refractivity contribution >= 4 is 28.2 Å². The van der Waals surface area contributed by atoms with Crippen molar-refractivity contribution in [2.45, 2.75) is 0 Å². The van der Waals surface area contributed by atoms with Crippen LogP contribution in [0.15, 0.2) is 71.7 Å². The van der Waals surface area contributed by atoms with E-state index in [9.17, 15) is 10.0 Å². The second kappa shape index (κ2) is 8.32. The topological polar surface area (TPSA) is 86.5 Å². The Hall–Kier alpha value is -3.91. The molecule has 3 heterocycles. The molecule has 0 aliphatic carbocycles. The Labute approximate surface area is 185 Å². The predicted octanol–water partition coefficient (Wildman–Crippen LogP) is 3.19. The smallest absolute Gasteiger partial charge is 0.384 e. The Bertz CT molecular complexity index is 1310. The summed E-state index contributed by atoms with van der Waals surface area (Å²) in [6.45, 7) is 4.21. The molecule has 2 aromatic carbocycles. The Morgan fingerprint density at radius 1 is 0.938 bits per heavy atom. The van der Waals surface area contributed by atoms with Gasteiger partial charge in [0.25, 0.3) is 0 Å². The molecular formula is C24H24N6O2. The number of fused-ring (bicyclic) bond motifs is 1. The molecule has 0 radical (unpaired) electrons. The summed E-state index contributed by atoms with van der Waals surface area (Å²) in [5.74, 6) is 0.355. The van der Waals surface area contributed by atoms with Gasteiger partial charge in [-0.1, -0.05) is 24.3 Å². The molecular weight excluding hydrogens is 404 g/mol. The molecule has 0 atom stereocenters. The first-order valence-electron chi connectivity index (χ1n) is 10.6. The van der Waals surface area contributed by atoms with Gasteiger partial charge in [-0.2, -0.15) is 4.98 Å². The molecule has 1 aliphatic heterocycles. The average molecular weight is 428 g/mol. The van der Waals surface area contributed by atoms with E-state index in [4.69, 9.17) is 0 Å². The number of hydrogen-bond donors (Lipinski definition) is 2. The molecule has 32 heavy (non-hydrogen) atoms. The quantitative estimate of drug-likeness (QED) is 0.483. The van der Waals surface area contributed by atoms with Crippen molar-refractivity contribution in [3.63, 3.8) is 0 Å². The first-order valence-corrected chi connectivity index (χ1v) is 10.6. The molecule has 0 bridgehead atoms. The van der Waals surface area contributed by atoms with E-state index in [2.05, 4.69) is 56.4 Å². The highest BCUT2D eigenvalue weighted by Crippen LogP contribution is 2.28. The summed E-state index contributed by atoms with van der Waals surface area (Å²) in [7, 11) is 2.16. The second-order valence-electron chi connectivity index (χ2n) is 7.97. The fraction of sp³-hybridized carbons (Fsp3) is 0.208. The summed E-state index contributed by atoms with van der Waals surface area (Å²) in [6.07, 6.45) is 1.52. The van der Waals surface area contributed by atoms with Crippen LogP contribution in [-0.4, -0.2) is 58.0 Å². The van der Waals surface area contributed by atoms with Crippen molar-refractivity contribution in [3.8, 4) is 11.1 Å². The lowest BCUT2D eigenvalue weighted by Crippen LogP contribution is -2.44. The summed E-state index contributed by atoms with van der Waals surface area (Å²) in [4.78, 5) is 24.8. The zero-order valence-electron chi connectivity index (χ0n) is 17.8. The molecule has 5 rings (SSSR count). The molecule has 1 fully saturated rings. The maximum Gasteiger partial charge on any atom is 0.384 e. The van der Waals surface area contributed by atoms with Gasteiger partial charge in [0.1, 0.15) is 5.82 Å². The third-order valence-electron chi connectivity index (χ3n) is 5.83. The molecule has 0 saturated carbocycles. The van der Waals surface area contributed by atoms with Crippen LogP contribution in [0.5, 0.6) is 0 Å². The number of aromatic nitrogens is 3. The molecule has 2 aromatic heterocycles. The van der Waals surface area contributed by atoms with Gasteiger partial charge in [0, 0.05) is 43.8 Å². The first-order chi connectivity index (χ1) is 15.6. The summed E-state index contributed by atoms with van der Waals surface area (Å²) in [6, 6.07) is 20.1. The Morgan fingerprint density at radius 3 is 2.50 bits per heavy atom. The standard InChI is InChI=1S/C24H24N6O2/c1-28-12-14-29(15-13-28)20-5-2-4-18(16-20)17-7-9-19(10-8-17)26-22-21-6-3-11-25-23(21)30(32)24(31)27-22/h2-11,16,32H,12-15H2,1H3,(H,26,27,31). The third kappa shape index (κ3) is 3.88. The Kier molecular flexibility index (Phi) is 5.20. The molecule has 1 saturated heterocycles. The lowest BCUT2D eigenvalue weighted by Gasteiger charge is -2.34. The molecule has 8 nitrogen and oxygen atoms in total. The van der Waals surface area contributed by atoms with Gasteiger partial charge in [0.2, 0.25) is 0 Å². The van der Waals surface area contributed by atoms with Gasteiger partial charge in [0.15, 0.2) is 5.65 Å². The third-order valence-corrected chi connectivity index (χ3v) is 5.83. The molecule has 8 heteroatoms. The number of hydrogen-bond acceptors (Lipinski definition) is 7. The normalized spacial score (nSPS) is 14.6. The first kappa shape index (κ1) is 20.0. The summed E-state index contributed by atoms with van der Waals surface area (Å²) in [5, 5.41) is 13.6. The van der Waals surface area contributed by atoms with Crippen molar-refractivity contribution in [3.05, 3.63) is 77.3 Å². The van der Waals surface area contributed by atoms with E-state index < -0.39 is 5.69 Å². The molecule has 1 aliphatic rings. The van der Waals surface area contributed by atoms with Crippen molar-refractivity contribution in [2.24, 2.45) is 0 Å². The number of piperazine rings is 1. The molecule has 2 N–H and O–H groups in total. The van der Waals surface area contributed by atoms with E-state index >= 15 is 0 Å². The minimum Gasteiger partial charge on any atom is -0.422 e. The van der Waals surface area contributed by atoms with Crippen LogP contribution in [0, 0.1) is 0 Å². The summed E-state index contributed by atoms with van der Waals surface area (Å²) < 4.78 is 0.455. The fourth-order valence-corrected chi connectivity index (χ4v) is 3.97. The second-order valence-corrected chi connectivity index (χ2v) is 7.97. The minimum absolute atomic E-state index is 0.160. The number of pyridine rings is 1. The molecule has 162 valence electrons. The van der Waals surface area contributed by atoms with Gasteiger partial charge in [-0.15, -0.1) is 4.73 Å². The van der Waals surface area contributed by atoms with E-state index in [1.165, 1.54) is 11.9 Å². The largest absolute Gasteiger partial charge is 0.422 e. The monoisotopic (exact) mass is 428 g/mol.